The maximum absolute atomic E-state index is 9.65. The largest absolute Gasteiger partial charge is 0.480 e. The minimum atomic E-state index is -1.18. The van der Waals surface area contributed by atoms with Crippen molar-refractivity contribution in [3.8, 4) is 0 Å². The summed E-state index contributed by atoms with van der Waals surface area (Å²) < 4.78 is 0. The third-order valence-electron chi connectivity index (χ3n) is 2.61. The number of rotatable bonds is 4. The van der Waals surface area contributed by atoms with Gasteiger partial charge in [0.1, 0.15) is 6.04 Å². The van der Waals surface area contributed by atoms with Crippen LogP contribution in [0.3, 0.4) is 0 Å². The molecule has 0 saturated heterocycles. The number of hydrogen-bond acceptors (Lipinski definition) is 3. The molecule has 0 fully saturated rings. The average molecular weight is 273 g/mol. The molecule has 20 heavy (non-hydrogen) atoms. The van der Waals surface area contributed by atoms with Gasteiger partial charge in [0.2, 0.25) is 0 Å². The summed E-state index contributed by atoms with van der Waals surface area (Å²) in [6.07, 6.45) is 1.03. The lowest BCUT2D eigenvalue weighted by Crippen LogP contribution is -2.33. The van der Waals surface area contributed by atoms with Gasteiger partial charge >= 0.3 is 5.97 Å². The van der Waals surface area contributed by atoms with Gasteiger partial charge in [0.25, 0.3) is 0 Å². The van der Waals surface area contributed by atoms with E-state index in [0.717, 1.165) is 6.42 Å². The van der Waals surface area contributed by atoms with Gasteiger partial charge in [-0.25, -0.2) is 0 Å². The number of carboxylic acids is 1. The fourth-order valence-corrected chi connectivity index (χ4v) is 1.51. The molecule has 0 radical (unpaired) electrons. The van der Waals surface area contributed by atoms with Gasteiger partial charge in [0.15, 0.2) is 0 Å². The van der Waals surface area contributed by atoms with Crippen LogP contribution in [0.15, 0.2) is 60.7 Å². The van der Waals surface area contributed by atoms with Crippen molar-refractivity contribution in [2.45, 2.75) is 12.5 Å². The monoisotopic (exact) mass is 273 g/mol. The molecule has 0 unspecified atom stereocenters. The van der Waals surface area contributed by atoms with E-state index in [0.29, 0.717) is 0 Å². The molecular weight excluding hydrogens is 254 g/mol. The van der Waals surface area contributed by atoms with Gasteiger partial charge in [-0.15, -0.1) is 0 Å². The Morgan fingerprint density at radius 2 is 1.35 bits per heavy atom. The summed E-state index contributed by atoms with van der Waals surface area (Å²) in [5.41, 5.74) is 7.50. The van der Waals surface area contributed by atoms with Crippen molar-refractivity contribution >= 4 is 5.97 Å². The van der Waals surface area contributed by atoms with Crippen LogP contribution in [0.1, 0.15) is 11.1 Å². The summed E-state index contributed by atoms with van der Waals surface area (Å²) in [7, 11) is 0. The number of aliphatic hydroxyl groups is 1. The van der Waals surface area contributed by atoms with Crippen LogP contribution < -0.4 is 5.73 Å². The summed E-state index contributed by atoms with van der Waals surface area (Å²) in [4.78, 5) is 9.65. The predicted molar refractivity (Wildman–Crippen MR) is 78.4 cm³/mol. The van der Waals surface area contributed by atoms with Gasteiger partial charge < -0.3 is 15.9 Å². The number of carboxylic acid groups (broad SMARTS) is 1. The second kappa shape index (κ2) is 8.85. The van der Waals surface area contributed by atoms with Gasteiger partial charge in [0, 0.05) is 0 Å². The first-order chi connectivity index (χ1) is 9.63. The number of benzene rings is 2. The van der Waals surface area contributed by atoms with Crippen molar-refractivity contribution in [1.29, 1.82) is 0 Å². The SMILES string of the molecule is N[C@@H](CO)C(=O)O.c1ccc(Cc2ccccc2)cc1. The van der Waals surface area contributed by atoms with Crippen LogP contribution in [0.4, 0.5) is 0 Å². The van der Waals surface area contributed by atoms with Crippen LogP contribution in [-0.2, 0) is 11.2 Å². The lowest BCUT2D eigenvalue weighted by Gasteiger charge is -2.00. The Morgan fingerprint density at radius 3 is 1.60 bits per heavy atom. The maximum Gasteiger partial charge on any atom is 0.322 e. The highest BCUT2D eigenvalue weighted by Gasteiger charge is 2.07. The molecule has 0 aromatic heterocycles. The lowest BCUT2D eigenvalue weighted by molar-refractivity contribution is -0.139. The predicted octanol–water partition coefficient (Wildman–Crippen LogP) is 1.67. The molecule has 0 amide bonds. The highest BCUT2D eigenvalue weighted by molar-refractivity contribution is 5.73. The molecular formula is C16H19NO3. The molecule has 4 nitrogen and oxygen atoms in total. The molecule has 4 heteroatoms. The Morgan fingerprint density at radius 1 is 0.950 bits per heavy atom. The molecule has 2 aromatic rings. The molecule has 4 N–H and O–H groups in total. The first-order valence-corrected chi connectivity index (χ1v) is 6.30. The third kappa shape index (κ3) is 6.13. The smallest absolute Gasteiger partial charge is 0.322 e. The zero-order valence-electron chi connectivity index (χ0n) is 11.1. The van der Waals surface area contributed by atoms with Crippen molar-refractivity contribution in [3.63, 3.8) is 0 Å². The Hall–Kier alpha value is -2.17. The normalized spacial score (nSPS) is 11.1. The highest BCUT2D eigenvalue weighted by Crippen LogP contribution is 2.07. The van der Waals surface area contributed by atoms with Gasteiger partial charge in [-0.3, -0.25) is 4.79 Å². The minimum absolute atomic E-state index is 0.505. The summed E-state index contributed by atoms with van der Waals surface area (Å²) in [5.74, 6) is -1.18. The van der Waals surface area contributed by atoms with Crippen LogP contribution in [0.25, 0.3) is 0 Å². The number of hydrogen-bond donors (Lipinski definition) is 3. The first-order valence-electron chi connectivity index (χ1n) is 6.30. The Labute approximate surface area is 118 Å². The third-order valence-corrected chi connectivity index (χ3v) is 2.61. The van der Waals surface area contributed by atoms with Crippen LogP contribution >= 0.6 is 0 Å². The van der Waals surface area contributed by atoms with E-state index in [1.165, 1.54) is 11.1 Å². The molecule has 0 heterocycles. The van der Waals surface area contributed by atoms with E-state index in [1.54, 1.807) is 0 Å². The van der Waals surface area contributed by atoms with Crippen molar-refractivity contribution < 1.29 is 15.0 Å². The lowest BCUT2D eigenvalue weighted by atomic mass is 10.1. The van der Waals surface area contributed by atoms with E-state index < -0.39 is 18.6 Å². The second-order valence-corrected chi connectivity index (χ2v) is 4.28. The molecule has 0 aliphatic rings. The van der Waals surface area contributed by atoms with Gasteiger partial charge in [-0.2, -0.15) is 0 Å². The van der Waals surface area contributed by atoms with E-state index >= 15 is 0 Å². The second-order valence-electron chi connectivity index (χ2n) is 4.28. The van der Waals surface area contributed by atoms with E-state index in [9.17, 15) is 4.79 Å². The van der Waals surface area contributed by atoms with Gasteiger partial charge in [-0.05, 0) is 17.5 Å². The average Bonchev–Trinajstić information content (AvgIpc) is 2.49. The Bertz CT molecular complexity index is 462. The highest BCUT2D eigenvalue weighted by atomic mass is 16.4. The first kappa shape index (κ1) is 15.9. The van der Waals surface area contributed by atoms with Crippen LogP contribution in [0.2, 0.25) is 0 Å². The minimum Gasteiger partial charge on any atom is -0.480 e. The van der Waals surface area contributed by atoms with E-state index in [1.807, 2.05) is 0 Å². The standard InChI is InChI=1S/C13H12.C3H7NO3/c1-3-7-12(8-4-1)11-13-9-5-2-6-10-13;4-2(1-5)3(6)7/h1-10H,11H2;2,5H,1,4H2,(H,6,7)/t;2-/m.0/s1. The van der Waals surface area contributed by atoms with Crippen molar-refractivity contribution in [2.75, 3.05) is 6.61 Å². The van der Waals surface area contributed by atoms with Crippen molar-refractivity contribution in [3.05, 3.63) is 71.8 Å². The molecule has 2 rings (SSSR count). The Kier molecular flexibility index (Phi) is 7.03. The van der Waals surface area contributed by atoms with E-state index in [2.05, 4.69) is 60.7 Å². The van der Waals surface area contributed by atoms with Crippen molar-refractivity contribution in [1.82, 2.24) is 0 Å². The summed E-state index contributed by atoms with van der Waals surface area (Å²) in [6.45, 7) is -0.505. The fraction of sp³-hybridized carbons (Fsp3) is 0.188. The van der Waals surface area contributed by atoms with Gasteiger partial charge in [-0.1, -0.05) is 60.7 Å². The quantitative estimate of drug-likeness (QED) is 0.791. The molecule has 2 aromatic carbocycles. The molecule has 106 valence electrons. The summed E-state index contributed by atoms with van der Waals surface area (Å²) in [5, 5.41) is 15.9. The van der Waals surface area contributed by atoms with Crippen LogP contribution in [-0.4, -0.2) is 28.8 Å². The number of nitrogens with two attached hydrogens (primary N) is 1. The number of carbonyl (C=O) groups is 1. The van der Waals surface area contributed by atoms with Gasteiger partial charge in [0.05, 0.1) is 6.61 Å². The molecule has 0 aliphatic heterocycles. The van der Waals surface area contributed by atoms with Crippen molar-refractivity contribution in [2.24, 2.45) is 5.73 Å². The Balaban J connectivity index is 0.000000246. The number of aliphatic carboxylic acids is 1. The van der Waals surface area contributed by atoms with Crippen LogP contribution in [0, 0.1) is 0 Å². The molecule has 0 bridgehead atoms. The maximum atomic E-state index is 9.65. The summed E-state index contributed by atoms with van der Waals surface area (Å²) in [6, 6.07) is 19.9. The van der Waals surface area contributed by atoms with Crippen LogP contribution in [0.5, 0.6) is 0 Å². The zero-order chi connectivity index (χ0) is 14.8. The summed E-state index contributed by atoms with van der Waals surface area (Å²) >= 11 is 0. The fourth-order valence-electron chi connectivity index (χ4n) is 1.51. The molecule has 0 saturated carbocycles. The topological polar surface area (TPSA) is 83.5 Å². The van der Waals surface area contributed by atoms with E-state index in [4.69, 9.17) is 15.9 Å². The van der Waals surface area contributed by atoms with E-state index in [-0.39, 0.29) is 0 Å². The molecule has 0 spiro atoms. The zero-order valence-corrected chi connectivity index (χ0v) is 11.1. The molecule has 0 aliphatic carbocycles. The molecule has 1 atom stereocenters. The number of aliphatic hydroxyl groups excluding tert-OH is 1.